The van der Waals surface area contributed by atoms with Gasteiger partial charge < -0.3 is 20.2 Å². The Bertz CT molecular complexity index is 841. The fourth-order valence-electron chi connectivity index (χ4n) is 2.21. The second kappa shape index (κ2) is 9.05. The number of nitrogens with one attached hydrogen (secondary N) is 2. The summed E-state index contributed by atoms with van der Waals surface area (Å²) in [6.07, 6.45) is 2.75. The Labute approximate surface area is 161 Å². The zero-order chi connectivity index (χ0) is 20.0. The van der Waals surface area contributed by atoms with Gasteiger partial charge in [0.15, 0.2) is 5.76 Å². The fraction of sp³-hybridized carbons (Fsp3) is 0.211. The summed E-state index contributed by atoms with van der Waals surface area (Å²) in [5, 5.41) is 14.7. The van der Waals surface area contributed by atoms with Gasteiger partial charge in [-0.15, -0.1) is 0 Å². The van der Waals surface area contributed by atoms with E-state index in [1.165, 1.54) is 24.5 Å². The van der Waals surface area contributed by atoms with Gasteiger partial charge in [0.05, 0.1) is 6.26 Å². The average Bonchev–Trinajstić information content (AvgIpc) is 3.14. The van der Waals surface area contributed by atoms with Crippen molar-refractivity contribution in [2.24, 2.45) is 5.92 Å². The molecule has 0 aliphatic rings. The van der Waals surface area contributed by atoms with Gasteiger partial charge in [-0.25, -0.2) is 4.79 Å². The summed E-state index contributed by atoms with van der Waals surface area (Å²) in [7, 11) is 0. The van der Waals surface area contributed by atoms with Crippen molar-refractivity contribution in [3.63, 3.8) is 0 Å². The van der Waals surface area contributed by atoms with Gasteiger partial charge in [-0.3, -0.25) is 9.59 Å². The first-order valence-electron chi connectivity index (χ1n) is 8.13. The van der Waals surface area contributed by atoms with Gasteiger partial charge in [0.25, 0.3) is 11.8 Å². The molecule has 0 radical (unpaired) electrons. The summed E-state index contributed by atoms with van der Waals surface area (Å²) >= 11 is 5.85. The minimum absolute atomic E-state index is 0.0171. The molecule has 8 heteroatoms. The van der Waals surface area contributed by atoms with Gasteiger partial charge in [0, 0.05) is 5.02 Å². The quantitative estimate of drug-likeness (QED) is 0.630. The van der Waals surface area contributed by atoms with Crippen molar-refractivity contribution in [1.82, 2.24) is 10.6 Å². The van der Waals surface area contributed by atoms with Crippen LogP contribution in [0.4, 0.5) is 0 Å². The first kappa shape index (κ1) is 20.3. The van der Waals surface area contributed by atoms with Crippen LogP contribution in [-0.2, 0) is 9.59 Å². The van der Waals surface area contributed by atoms with Crippen LogP contribution in [0.1, 0.15) is 30.0 Å². The Balaban J connectivity index is 2.30. The maximum atomic E-state index is 12.6. The lowest BCUT2D eigenvalue weighted by Gasteiger charge is -2.19. The first-order valence-corrected chi connectivity index (χ1v) is 8.51. The van der Waals surface area contributed by atoms with Gasteiger partial charge >= 0.3 is 5.97 Å². The average molecular weight is 391 g/mol. The van der Waals surface area contributed by atoms with E-state index in [4.69, 9.17) is 16.0 Å². The second-order valence-electron chi connectivity index (χ2n) is 6.07. The van der Waals surface area contributed by atoms with E-state index < -0.39 is 23.8 Å². The van der Waals surface area contributed by atoms with Crippen LogP contribution in [0.3, 0.4) is 0 Å². The fourth-order valence-corrected chi connectivity index (χ4v) is 2.33. The van der Waals surface area contributed by atoms with Crippen LogP contribution in [0.5, 0.6) is 0 Å². The third-order valence-corrected chi connectivity index (χ3v) is 3.89. The van der Waals surface area contributed by atoms with Crippen LogP contribution in [0, 0.1) is 5.92 Å². The van der Waals surface area contributed by atoms with Crippen molar-refractivity contribution < 1.29 is 23.9 Å². The topological polar surface area (TPSA) is 109 Å². The molecule has 1 unspecified atom stereocenters. The Hall–Kier alpha value is -3.06. The number of rotatable bonds is 7. The van der Waals surface area contributed by atoms with Crippen molar-refractivity contribution in [3.05, 3.63) is 64.7 Å². The molecule has 3 N–H and O–H groups in total. The standard InChI is InChI=1S/C19H19ClN2O5/c1-11(2)16(19(25)26)22-17(23)14(10-12-5-7-13(20)8-6-12)21-18(24)15-4-3-9-27-15/h3-11,16H,1-2H3,(H,21,24)(H,22,23)(H,25,26)/b14-10+. The predicted molar refractivity (Wildman–Crippen MR) is 100 cm³/mol. The molecule has 2 aromatic rings. The van der Waals surface area contributed by atoms with Gasteiger partial charge in [-0.05, 0) is 41.8 Å². The molecule has 7 nitrogen and oxygen atoms in total. The molecule has 1 aromatic heterocycles. The molecule has 2 amide bonds. The third-order valence-electron chi connectivity index (χ3n) is 3.64. The monoisotopic (exact) mass is 390 g/mol. The van der Waals surface area contributed by atoms with E-state index in [1.54, 1.807) is 38.1 Å². The largest absolute Gasteiger partial charge is 0.480 e. The van der Waals surface area contributed by atoms with Gasteiger partial charge in [0.2, 0.25) is 0 Å². The number of aliphatic carboxylic acids is 1. The van der Waals surface area contributed by atoms with E-state index in [0.717, 1.165) is 0 Å². The molecule has 0 aliphatic carbocycles. The molecule has 0 fully saturated rings. The zero-order valence-electron chi connectivity index (χ0n) is 14.7. The maximum Gasteiger partial charge on any atom is 0.326 e. The molecule has 27 heavy (non-hydrogen) atoms. The SMILES string of the molecule is CC(C)C(NC(=O)/C(=C\c1ccc(Cl)cc1)NC(=O)c1ccco1)C(=O)O. The second-order valence-corrected chi connectivity index (χ2v) is 6.51. The lowest BCUT2D eigenvalue weighted by atomic mass is 10.0. The number of hydrogen-bond acceptors (Lipinski definition) is 4. The van der Waals surface area contributed by atoms with Gasteiger partial charge in [-0.2, -0.15) is 0 Å². The molecule has 0 saturated heterocycles. The number of amides is 2. The highest BCUT2D eigenvalue weighted by molar-refractivity contribution is 6.30. The lowest BCUT2D eigenvalue weighted by molar-refractivity contribution is -0.142. The summed E-state index contributed by atoms with van der Waals surface area (Å²) in [5.41, 5.74) is 0.478. The molecule has 0 bridgehead atoms. The molecular weight excluding hydrogens is 372 g/mol. The summed E-state index contributed by atoms with van der Waals surface area (Å²) < 4.78 is 5.02. The van der Waals surface area contributed by atoms with E-state index in [9.17, 15) is 19.5 Å². The van der Waals surface area contributed by atoms with Crippen molar-refractivity contribution in [2.45, 2.75) is 19.9 Å². The lowest BCUT2D eigenvalue weighted by Crippen LogP contribution is -2.47. The Morgan fingerprint density at radius 2 is 1.81 bits per heavy atom. The smallest absolute Gasteiger partial charge is 0.326 e. The van der Waals surface area contributed by atoms with Crippen LogP contribution in [0.15, 0.2) is 52.8 Å². The van der Waals surface area contributed by atoms with E-state index in [2.05, 4.69) is 10.6 Å². The van der Waals surface area contributed by atoms with Crippen LogP contribution in [-0.4, -0.2) is 28.9 Å². The molecular formula is C19H19ClN2O5. The van der Waals surface area contributed by atoms with Gasteiger partial charge in [0.1, 0.15) is 11.7 Å². The van der Waals surface area contributed by atoms with Crippen LogP contribution >= 0.6 is 11.6 Å². The van der Waals surface area contributed by atoms with E-state index in [0.29, 0.717) is 10.6 Å². The maximum absolute atomic E-state index is 12.6. The first-order chi connectivity index (χ1) is 12.8. The highest BCUT2D eigenvalue weighted by Gasteiger charge is 2.26. The predicted octanol–water partition coefficient (Wildman–Crippen LogP) is 2.93. The molecule has 142 valence electrons. The molecule has 0 aliphatic heterocycles. The summed E-state index contributed by atoms with van der Waals surface area (Å²) in [6.45, 7) is 3.34. The number of hydrogen-bond donors (Lipinski definition) is 3. The number of halogens is 1. The molecule has 1 aromatic carbocycles. The summed E-state index contributed by atoms with van der Waals surface area (Å²) in [4.78, 5) is 36.2. The Morgan fingerprint density at radius 1 is 1.15 bits per heavy atom. The van der Waals surface area contributed by atoms with E-state index >= 15 is 0 Å². The molecule has 0 spiro atoms. The normalized spacial score (nSPS) is 12.5. The van der Waals surface area contributed by atoms with Crippen molar-refractivity contribution >= 4 is 35.5 Å². The van der Waals surface area contributed by atoms with Crippen LogP contribution < -0.4 is 10.6 Å². The number of benzene rings is 1. The Kier molecular flexibility index (Phi) is 6.79. The molecule has 2 rings (SSSR count). The van der Waals surface area contributed by atoms with Crippen molar-refractivity contribution in [2.75, 3.05) is 0 Å². The van der Waals surface area contributed by atoms with Crippen LogP contribution in [0.2, 0.25) is 5.02 Å². The number of carboxylic acids is 1. The van der Waals surface area contributed by atoms with Crippen molar-refractivity contribution in [1.29, 1.82) is 0 Å². The highest BCUT2D eigenvalue weighted by atomic mass is 35.5. The molecule has 1 heterocycles. The van der Waals surface area contributed by atoms with E-state index in [1.807, 2.05) is 0 Å². The Morgan fingerprint density at radius 3 is 2.33 bits per heavy atom. The van der Waals surface area contributed by atoms with Crippen LogP contribution in [0.25, 0.3) is 6.08 Å². The zero-order valence-corrected chi connectivity index (χ0v) is 15.5. The van der Waals surface area contributed by atoms with Gasteiger partial charge in [-0.1, -0.05) is 37.6 Å². The summed E-state index contributed by atoms with van der Waals surface area (Å²) in [5.74, 6) is -2.85. The number of carboxylic acid groups (broad SMARTS) is 1. The van der Waals surface area contributed by atoms with Crippen molar-refractivity contribution in [3.8, 4) is 0 Å². The number of carbonyl (C=O) groups excluding carboxylic acids is 2. The molecule has 1 atom stereocenters. The minimum atomic E-state index is -1.17. The van der Waals surface area contributed by atoms with E-state index in [-0.39, 0.29) is 17.4 Å². The molecule has 0 saturated carbocycles. The third kappa shape index (κ3) is 5.72. The highest BCUT2D eigenvalue weighted by Crippen LogP contribution is 2.13. The number of carbonyl (C=O) groups is 3. The number of furan rings is 1. The summed E-state index contributed by atoms with van der Waals surface area (Å²) in [6, 6.07) is 8.46. The minimum Gasteiger partial charge on any atom is -0.480 e.